The molecule has 55 heavy (non-hydrogen) atoms. The maximum Gasteiger partial charge on any atom is 0.410 e. The predicted molar refractivity (Wildman–Crippen MR) is 194 cm³/mol. The molecular weight excluding hydrogens is 720 g/mol. The summed E-state index contributed by atoms with van der Waals surface area (Å²) >= 11 is 0. The summed E-state index contributed by atoms with van der Waals surface area (Å²) in [5, 5.41) is 13.1. The van der Waals surface area contributed by atoms with Crippen molar-refractivity contribution >= 4 is 51.5 Å². The lowest BCUT2D eigenvalue weighted by Crippen LogP contribution is -2.50. The number of amides is 4. The van der Waals surface area contributed by atoms with Gasteiger partial charge in [-0.3, -0.25) is 29.1 Å². The van der Waals surface area contributed by atoms with Crippen molar-refractivity contribution in [3.63, 3.8) is 0 Å². The van der Waals surface area contributed by atoms with E-state index in [0.29, 0.717) is 58.7 Å². The van der Waals surface area contributed by atoms with E-state index in [-0.39, 0.29) is 18.3 Å². The Morgan fingerprint density at radius 3 is 2.49 bits per heavy atom. The number of likely N-dealkylation sites (tertiary alicyclic amines) is 1. The highest BCUT2D eigenvalue weighted by Crippen LogP contribution is 2.32. The van der Waals surface area contributed by atoms with E-state index in [0.717, 1.165) is 19.6 Å². The molecule has 2 saturated heterocycles. The monoisotopic (exact) mass is 763 g/mol. The molecule has 4 heterocycles. The van der Waals surface area contributed by atoms with E-state index in [1.54, 1.807) is 47.4 Å². The highest BCUT2D eigenvalue weighted by molar-refractivity contribution is 6.38. The van der Waals surface area contributed by atoms with Gasteiger partial charge in [0.15, 0.2) is 0 Å². The summed E-state index contributed by atoms with van der Waals surface area (Å²) in [6.45, 7) is 7.24. The Bertz CT molecular complexity index is 2080. The minimum atomic E-state index is -3.42. The van der Waals surface area contributed by atoms with Crippen molar-refractivity contribution in [1.29, 1.82) is 0 Å². The number of hydrogen-bond donors (Lipinski definition) is 2. The van der Waals surface area contributed by atoms with Gasteiger partial charge in [0.05, 0.1) is 36.3 Å². The standard InChI is InChI=1S/C37H43F2N9O7/c1-36(2,3)55-35(53)46-16-14-45(15-17-46)13-6-18-54-24-9-10-27-26(19-24)25(11-12-40-27)33(51)41-21-31(49)47-22-37(38,39)20-30(47)32(50)34(52)42-23-48-29-8-5-4-7-28(29)43-44-48/h4-5,7-12,19,30H,6,13-18,20-23H2,1-3H3,(H,41,51)(H,42,52)/t30-/m0/s1. The number of aromatic nitrogens is 4. The number of rotatable bonds is 12. The summed E-state index contributed by atoms with van der Waals surface area (Å²) in [6, 6.07) is 11.7. The van der Waals surface area contributed by atoms with Crippen molar-refractivity contribution in [3.05, 3.63) is 60.3 Å². The number of nitrogens with one attached hydrogen (secondary N) is 2. The van der Waals surface area contributed by atoms with Gasteiger partial charge in [0.1, 0.15) is 29.6 Å². The highest BCUT2D eigenvalue weighted by Gasteiger charge is 2.51. The number of carbonyl (C=O) groups is 5. The number of hydrogen-bond acceptors (Lipinski definition) is 11. The second kappa shape index (κ2) is 16.3. The van der Waals surface area contributed by atoms with Crippen LogP contribution in [0.2, 0.25) is 0 Å². The first-order valence-electron chi connectivity index (χ1n) is 17.9. The van der Waals surface area contributed by atoms with Crippen LogP contribution in [0.15, 0.2) is 54.7 Å². The summed E-state index contributed by atoms with van der Waals surface area (Å²) in [6.07, 6.45) is 0.799. The Labute approximate surface area is 315 Å². The summed E-state index contributed by atoms with van der Waals surface area (Å²) < 4.78 is 41.9. The van der Waals surface area contributed by atoms with Crippen LogP contribution in [0, 0.1) is 0 Å². The third-order valence-electron chi connectivity index (χ3n) is 9.20. The first-order valence-corrected chi connectivity index (χ1v) is 17.9. The van der Waals surface area contributed by atoms with E-state index in [1.165, 1.54) is 16.9 Å². The molecule has 2 aliphatic rings. The van der Waals surface area contributed by atoms with Gasteiger partial charge in [0.25, 0.3) is 17.7 Å². The lowest BCUT2D eigenvalue weighted by Gasteiger charge is -2.35. The van der Waals surface area contributed by atoms with Gasteiger partial charge in [-0.15, -0.1) is 5.10 Å². The zero-order valence-electron chi connectivity index (χ0n) is 30.8. The van der Waals surface area contributed by atoms with Crippen molar-refractivity contribution in [2.45, 2.75) is 57.8 Å². The lowest BCUT2D eigenvalue weighted by atomic mass is 10.1. The van der Waals surface area contributed by atoms with Crippen LogP contribution in [0.4, 0.5) is 13.6 Å². The minimum Gasteiger partial charge on any atom is -0.494 e. The Hall–Kier alpha value is -5.78. The number of nitrogens with zero attached hydrogens (tertiary/aromatic N) is 7. The second-order valence-corrected chi connectivity index (χ2v) is 14.4. The molecule has 0 saturated carbocycles. The number of piperazine rings is 1. The molecule has 2 aromatic heterocycles. The first-order chi connectivity index (χ1) is 26.2. The van der Waals surface area contributed by atoms with Crippen LogP contribution in [-0.4, -0.2) is 134 Å². The van der Waals surface area contributed by atoms with E-state index < -0.39 is 60.6 Å². The van der Waals surface area contributed by atoms with Gasteiger partial charge >= 0.3 is 6.09 Å². The molecule has 2 N–H and O–H groups in total. The quantitative estimate of drug-likeness (QED) is 0.160. The maximum atomic E-state index is 14.6. The van der Waals surface area contributed by atoms with Crippen LogP contribution < -0.4 is 15.4 Å². The molecule has 0 unspecified atom stereocenters. The van der Waals surface area contributed by atoms with Crippen LogP contribution in [0.1, 0.15) is 44.0 Å². The second-order valence-electron chi connectivity index (χ2n) is 14.4. The number of benzene rings is 2. The Morgan fingerprint density at radius 1 is 0.964 bits per heavy atom. The average molecular weight is 764 g/mol. The van der Waals surface area contributed by atoms with Crippen LogP contribution in [-0.2, 0) is 25.8 Å². The van der Waals surface area contributed by atoms with Gasteiger partial charge in [0, 0.05) is 50.7 Å². The SMILES string of the molecule is CC(C)(C)OC(=O)N1CCN(CCCOc2ccc3nccc(C(=O)NCC(=O)N4CC(F)(F)C[C@H]4C(=O)C(=O)NCn4nnc5ccccc54)c3c2)CC1. The topological polar surface area (TPSA) is 181 Å². The lowest BCUT2D eigenvalue weighted by molar-refractivity contribution is -0.144. The van der Waals surface area contributed by atoms with Gasteiger partial charge in [-0.2, -0.15) is 0 Å². The minimum absolute atomic E-state index is 0.172. The third-order valence-corrected chi connectivity index (χ3v) is 9.20. The molecular formula is C37H43F2N9O7. The molecule has 0 spiro atoms. The maximum absolute atomic E-state index is 14.6. The molecule has 0 aliphatic carbocycles. The zero-order chi connectivity index (χ0) is 39.3. The summed E-state index contributed by atoms with van der Waals surface area (Å²) in [4.78, 5) is 73.5. The molecule has 1 atom stereocenters. The number of alkyl halides is 2. The Kier molecular flexibility index (Phi) is 11.5. The van der Waals surface area contributed by atoms with Crippen molar-refractivity contribution in [3.8, 4) is 5.75 Å². The number of halogens is 2. The van der Waals surface area contributed by atoms with Gasteiger partial charge in [0.2, 0.25) is 11.7 Å². The number of fused-ring (bicyclic) bond motifs is 2. The largest absolute Gasteiger partial charge is 0.494 e. The van der Waals surface area contributed by atoms with Crippen molar-refractivity contribution < 1.29 is 42.2 Å². The number of ketones is 1. The van der Waals surface area contributed by atoms with Gasteiger partial charge in [-0.1, -0.05) is 17.3 Å². The number of carbonyl (C=O) groups excluding carboxylic acids is 5. The molecule has 18 heteroatoms. The number of pyridine rings is 1. The van der Waals surface area contributed by atoms with Gasteiger partial charge in [-0.05, 0) is 63.6 Å². The molecule has 16 nitrogen and oxygen atoms in total. The average Bonchev–Trinajstić information content (AvgIpc) is 3.73. The van der Waals surface area contributed by atoms with Crippen molar-refractivity contribution in [2.75, 3.05) is 52.4 Å². The van der Waals surface area contributed by atoms with Crippen LogP contribution >= 0.6 is 0 Å². The summed E-state index contributed by atoms with van der Waals surface area (Å²) in [7, 11) is 0. The van der Waals surface area contributed by atoms with Crippen molar-refractivity contribution in [1.82, 2.24) is 45.3 Å². The van der Waals surface area contributed by atoms with E-state index in [4.69, 9.17) is 9.47 Å². The fourth-order valence-electron chi connectivity index (χ4n) is 6.46. The molecule has 6 rings (SSSR count). The van der Waals surface area contributed by atoms with Gasteiger partial charge < -0.3 is 29.9 Å². The zero-order valence-corrected chi connectivity index (χ0v) is 30.8. The first kappa shape index (κ1) is 38.9. The number of Topliss-reactive ketones (excluding diaryl/α,β-unsaturated/α-hetero) is 1. The molecule has 2 aliphatic heterocycles. The van der Waals surface area contributed by atoms with Crippen LogP contribution in [0.25, 0.3) is 21.9 Å². The molecule has 292 valence electrons. The van der Waals surface area contributed by atoms with Crippen molar-refractivity contribution in [2.24, 2.45) is 0 Å². The van der Waals surface area contributed by atoms with E-state index in [2.05, 4.69) is 30.8 Å². The fraction of sp³-hybridized carbons (Fsp3) is 0.459. The third kappa shape index (κ3) is 9.67. The number of ether oxygens (including phenoxy) is 2. The summed E-state index contributed by atoms with van der Waals surface area (Å²) in [5.41, 5.74) is 1.26. The van der Waals surface area contributed by atoms with E-state index in [9.17, 15) is 32.8 Å². The Balaban J connectivity index is 0.999. The molecule has 2 fully saturated rings. The molecule has 0 bridgehead atoms. The molecule has 2 aromatic carbocycles. The normalized spacial score (nSPS) is 17.3. The Morgan fingerprint density at radius 2 is 1.73 bits per heavy atom. The van der Waals surface area contributed by atoms with Crippen LogP contribution in [0.5, 0.6) is 5.75 Å². The highest BCUT2D eigenvalue weighted by atomic mass is 19.3. The predicted octanol–water partition coefficient (Wildman–Crippen LogP) is 2.61. The number of para-hydroxylation sites is 1. The van der Waals surface area contributed by atoms with Crippen LogP contribution in [0.3, 0.4) is 0 Å². The van der Waals surface area contributed by atoms with E-state index >= 15 is 0 Å². The van der Waals surface area contributed by atoms with E-state index in [1.807, 2.05) is 20.8 Å². The summed E-state index contributed by atoms with van der Waals surface area (Å²) in [5.74, 6) is -6.92. The molecule has 4 amide bonds. The molecule has 4 aromatic rings. The molecule has 0 radical (unpaired) electrons. The van der Waals surface area contributed by atoms with Gasteiger partial charge in [-0.25, -0.2) is 18.3 Å². The smallest absolute Gasteiger partial charge is 0.410 e. The fourth-order valence-corrected chi connectivity index (χ4v) is 6.46.